The Morgan fingerprint density at radius 1 is 1.20 bits per heavy atom. The molecule has 0 amide bonds. The third kappa shape index (κ3) is 3.26. The lowest BCUT2D eigenvalue weighted by atomic mass is 9.94. The number of anilines is 1. The van der Waals surface area contributed by atoms with Gasteiger partial charge in [0.2, 0.25) is 0 Å². The van der Waals surface area contributed by atoms with Crippen LogP contribution in [0.25, 0.3) is 10.9 Å². The van der Waals surface area contributed by atoms with Crippen LogP contribution in [0.15, 0.2) is 59.5 Å². The maximum absolute atomic E-state index is 4.49. The van der Waals surface area contributed by atoms with Crippen molar-refractivity contribution in [2.75, 3.05) is 25.5 Å². The molecule has 3 heterocycles. The first-order valence-electron chi connectivity index (χ1n) is 8.61. The van der Waals surface area contributed by atoms with Gasteiger partial charge in [0.05, 0.1) is 5.52 Å². The van der Waals surface area contributed by atoms with E-state index in [1.54, 1.807) is 0 Å². The monoisotopic (exact) mass is 396 g/mol. The van der Waals surface area contributed by atoms with Gasteiger partial charge in [0.1, 0.15) is 0 Å². The number of nitrogens with one attached hydrogen (secondary N) is 1. The van der Waals surface area contributed by atoms with E-state index in [-0.39, 0.29) is 0 Å². The lowest BCUT2D eigenvalue weighted by molar-refractivity contribution is 0.281. The molecule has 1 aliphatic heterocycles. The van der Waals surface area contributed by atoms with Crippen molar-refractivity contribution >= 4 is 32.5 Å². The van der Waals surface area contributed by atoms with Gasteiger partial charge in [0.15, 0.2) is 0 Å². The summed E-state index contributed by atoms with van der Waals surface area (Å²) in [5, 5.41) is 4.82. The molecule has 1 fully saturated rings. The van der Waals surface area contributed by atoms with Gasteiger partial charge in [-0.25, -0.2) is 0 Å². The summed E-state index contributed by atoms with van der Waals surface area (Å²) < 4.78 is 1.03. The van der Waals surface area contributed by atoms with Gasteiger partial charge in [0.25, 0.3) is 0 Å². The quantitative estimate of drug-likeness (QED) is 0.704. The summed E-state index contributed by atoms with van der Waals surface area (Å²) >= 11 is 3.59. The first kappa shape index (κ1) is 16.5. The fourth-order valence-electron chi connectivity index (χ4n) is 3.85. The Hall–Kier alpha value is -1.98. The molecule has 0 unspecified atom stereocenters. The highest BCUT2D eigenvalue weighted by Crippen LogP contribution is 2.36. The first-order valence-corrected chi connectivity index (χ1v) is 9.40. The molecule has 5 heteroatoms. The number of rotatable bonds is 4. The molecule has 4 nitrogen and oxygen atoms in total. The molecule has 0 radical (unpaired) electrons. The Balaban J connectivity index is 1.56. The van der Waals surface area contributed by atoms with E-state index in [0.717, 1.165) is 34.2 Å². The summed E-state index contributed by atoms with van der Waals surface area (Å²) in [6, 6.07) is 12.9. The van der Waals surface area contributed by atoms with Crippen molar-refractivity contribution in [3.8, 4) is 0 Å². The number of halogens is 1. The average molecular weight is 397 g/mol. The maximum Gasteiger partial charge on any atom is 0.0864 e. The molecule has 2 aromatic heterocycles. The van der Waals surface area contributed by atoms with E-state index < -0.39 is 0 Å². The summed E-state index contributed by atoms with van der Waals surface area (Å²) in [6.07, 6.45) is 6.90. The molecule has 128 valence electrons. The minimum absolute atomic E-state index is 0.418. The molecule has 1 aromatic carbocycles. The topological polar surface area (TPSA) is 41.0 Å². The van der Waals surface area contributed by atoms with Gasteiger partial charge in [-0.15, -0.1) is 0 Å². The van der Waals surface area contributed by atoms with Crippen molar-refractivity contribution in [2.24, 2.45) is 5.92 Å². The molecule has 2 atom stereocenters. The van der Waals surface area contributed by atoms with E-state index in [1.807, 2.05) is 30.7 Å². The Morgan fingerprint density at radius 3 is 2.96 bits per heavy atom. The number of nitrogens with zero attached hydrogens (tertiary/aromatic N) is 3. The van der Waals surface area contributed by atoms with E-state index in [0.29, 0.717) is 12.0 Å². The van der Waals surface area contributed by atoms with Crippen LogP contribution in [0.4, 0.5) is 5.69 Å². The number of para-hydroxylation sites is 1. The van der Waals surface area contributed by atoms with Crippen LogP contribution >= 0.6 is 15.9 Å². The Bertz CT molecular complexity index is 868. The van der Waals surface area contributed by atoms with Crippen LogP contribution in [0.1, 0.15) is 18.0 Å². The van der Waals surface area contributed by atoms with Crippen LogP contribution in [0.3, 0.4) is 0 Å². The highest BCUT2D eigenvalue weighted by molar-refractivity contribution is 9.10. The molecular weight excluding hydrogens is 376 g/mol. The van der Waals surface area contributed by atoms with Gasteiger partial charge in [-0.1, -0.05) is 18.2 Å². The molecule has 0 saturated carbocycles. The lowest BCUT2D eigenvalue weighted by Gasteiger charge is -2.26. The van der Waals surface area contributed by atoms with Crippen LogP contribution in [-0.2, 0) is 0 Å². The second-order valence-corrected chi connectivity index (χ2v) is 7.49. The third-order valence-corrected chi connectivity index (χ3v) is 5.72. The van der Waals surface area contributed by atoms with Crippen LogP contribution < -0.4 is 5.32 Å². The smallest absolute Gasteiger partial charge is 0.0864 e. The third-order valence-electron chi connectivity index (χ3n) is 5.08. The predicted molar refractivity (Wildman–Crippen MR) is 106 cm³/mol. The van der Waals surface area contributed by atoms with Crippen molar-refractivity contribution in [3.63, 3.8) is 0 Å². The zero-order chi connectivity index (χ0) is 17.2. The molecule has 4 rings (SSSR count). The number of pyridine rings is 2. The van der Waals surface area contributed by atoms with E-state index in [1.165, 1.54) is 12.0 Å². The molecule has 3 aromatic rings. The van der Waals surface area contributed by atoms with E-state index >= 15 is 0 Å². The van der Waals surface area contributed by atoms with Crippen molar-refractivity contribution < 1.29 is 0 Å². The summed E-state index contributed by atoms with van der Waals surface area (Å²) in [4.78, 5) is 11.2. The summed E-state index contributed by atoms with van der Waals surface area (Å²) in [7, 11) is 2.20. The van der Waals surface area contributed by atoms with E-state index in [2.05, 4.69) is 67.4 Å². The first-order chi connectivity index (χ1) is 12.2. The molecule has 1 N–H and O–H groups in total. The fourth-order valence-corrected chi connectivity index (χ4v) is 4.32. The average Bonchev–Trinajstić information content (AvgIpc) is 3.02. The van der Waals surface area contributed by atoms with Crippen LogP contribution in [-0.4, -0.2) is 35.0 Å². The summed E-state index contributed by atoms with van der Waals surface area (Å²) in [5.41, 5.74) is 3.45. The lowest BCUT2D eigenvalue weighted by Crippen LogP contribution is -2.25. The zero-order valence-electron chi connectivity index (χ0n) is 14.2. The Labute approximate surface area is 156 Å². The van der Waals surface area contributed by atoms with Gasteiger partial charge >= 0.3 is 0 Å². The SMILES string of the molecule is CN1CC[C@@H](CNc2ccnc3c(Br)cccc23)[C@@H]1c1cccnc1. The number of aromatic nitrogens is 2. The van der Waals surface area contributed by atoms with Gasteiger partial charge in [-0.05, 0) is 65.6 Å². The maximum atomic E-state index is 4.49. The number of fused-ring (bicyclic) bond motifs is 1. The molecular formula is C20H21BrN4. The van der Waals surface area contributed by atoms with E-state index in [4.69, 9.17) is 0 Å². The van der Waals surface area contributed by atoms with Crippen molar-refractivity contribution in [1.82, 2.24) is 14.9 Å². The minimum atomic E-state index is 0.418. The molecule has 0 aliphatic carbocycles. The fraction of sp³-hybridized carbons (Fsp3) is 0.300. The van der Waals surface area contributed by atoms with Gasteiger partial charge in [0, 0.05) is 46.7 Å². The highest BCUT2D eigenvalue weighted by atomic mass is 79.9. The number of likely N-dealkylation sites (tertiary alicyclic amines) is 1. The Kier molecular flexibility index (Phi) is 4.68. The largest absolute Gasteiger partial charge is 0.384 e. The van der Waals surface area contributed by atoms with Gasteiger partial charge < -0.3 is 5.32 Å². The van der Waals surface area contributed by atoms with Gasteiger partial charge in [-0.2, -0.15) is 0 Å². The second kappa shape index (κ2) is 7.10. The zero-order valence-corrected chi connectivity index (χ0v) is 15.8. The molecule has 1 saturated heterocycles. The van der Waals surface area contributed by atoms with Crippen molar-refractivity contribution in [3.05, 3.63) is 65.0 Å². The predicted octanol–water partition coefficient (Wildman–Crippen LogP) is 4.50. The normalized spacial score (nSPS) is 20.9. The standard InChI is InChI=1S/C20H21BrN4/c1-25-11-8-15(20(25)14-4-3-9-22-12-14)13-24-18-7-10-23-19-16(18)5-2-6-17(19)21/h2-7,9-10,12,15,20H,8,11,13H2,1H3,(H,23,24)/t15-,20-/m0/s1. The van der Waals surface area contributed by atoms with Crippen LogP contribution in [0.5, 0.6) is 0 Å². The van der Waals surface area contributed by atoms with Crippen molar-refractivity contribution in [1.29, 1.82) is 0 Å². The Morgan fingerprint density at radius 2 is 2.12 bits per heavy atom. The van der Waals surface area contributed by atoms with E-state index in [9.17, 15) is 0 Å². The molecule has 1 aliphatic rings. The van der Waals surface area contributed by atoms with Crippen molar-refractivity contribution in [2.45, 2.75) is 12.5 Å². The van der Waals surface area contributed by atoms with Gasteiger partial charge in [-0.3, -0.25) is 14.9 Å². The highest BCUT2D eigenvalue weighted by Gasteiger charge is 2.32. The summed E-state index contributed by atoms with van der Waals surface area (Å²) in [6.45, 7) is 2.06. The van der Waals surface area contributed by atoms with Crippen LogP contribution in [0.2, 0.25) is 0 Å². The van der Waals surface area contributed by atoms with Crippen LogP contribution in [0, 0.1) is 5.92 Å². The molecule has 0 spiro atoms. The number of benzene rings is 1. The second-order valence-electron chi connectivity index (χ2n) is 6.64. The molecule has 25 heavy (non-hydrogen) atoms. The number of hydrogen-bond acceptors (Lipinski definition) is 4. The minimum Gasteiger partial charge on any atom is -0.384 e. The summed E-state index contributed by atoms with van der Waals surface area (Å²) in [5.74, 6) is 0.560. The number of hydrogen-bond donors (Lipinski definition) is 1. The molecule has 0 bridgehead atoms.